The molecule has 1 aromatic carbocycles. The number of nitrogens with one attached hydrogen (secondary N) is 1. The van der Waals surface area contributed by atoms with Crippen LogP contribution in [0.3, 0.4) is 0 Å². The molecule has 22 heavy (non-hydrogen) atoms. The van der Waals surface area contributed by atoms with Gasteiger partial charge in [-0.05, 0) is 44.4 Å². The van der Waals surface area contributed by atoms with Crippen molar-refractivity contribution in [3.05, 3.63) is 57.8 Å². The van der Waals surface area contributed by atoms with Gasteiger partial charge in [0.2, 0.25) is 5.91 Å². The van der Waals surface area contributed by atoms with Gasteiger partial charge in [-0.15, -0.1) is 11.3 Å². The lowest BCUT2D eigenvalue weighted by Gasteiger charge is -2.18. The van der Waals surface area contributed by atoms with Gasteiger partial charge in [-0.1, -0.05) is 23.8 Å². The summed E-state index contributed by atoms with van der Waals surface area (Å²) in [4.78, 5) is 13.1. The van der Waals surface area contributed by atoms with Crippen molar-refractivity contribution in [1.82, 2.24) is 5.32 Å². The average molecular weight is 315 g/mol. The van der Waals surface area contributed by atoms with Crippen LogP contribution in [0.25, 0.3) is 6.08 Å². The molecule has 2 rings (SSSR count). The SMILES string of the molecule is CCOc1ccc(C)cc1C(C)NC(=O)/C=C/c1cccs1. The van der Waals surface area contributed by atoms with E-state index in [1.807, 2.05) is 56.5 Å². The molecule has 2 aromatic rings. The zero-order valence-electron chi connectivity index (χ0n) is 13.1. The van der Waals surface area contributed by atoms with Crippen LogP contribution in [0.1, 0.15) is 35.9 Å². The Kier molecular flexibility index (Phi) is 5.78. The number of carbonyl (C=O) groups excluding carboxylic acids is 1. The third kappa shape index (κ3) is 4.46. The number of carbonyl (C=O) groups is 1. The van der Waals surface area contributed by atoms with Gasteiger partial charge in [0.25, 0.3) is 0 Å². The number of benzene rings is 1. The van der Waals surface area contributed by atoms with E-state index in [1.165, 1.54) is 0 Å². The molecule has 0 aliphatic carbocycles. The zero-order valence-corrected chi connectivity index (χ0v) is 13.9. The van der Waals surface area contributed by atoms with Gasteiger partial charge < -0.3 is 10.1 Å². The minimum atomic E-state index is -0.109. The predicted molar refractivity (Wildman–Crippen MR) is 92.3 cm³/mol. The number of amides is 1. The highest BCUT2D eigenvalue weighted by Gasteiger charge is 2.13. The van der Waals surface area contributed by atoms with Gasteiger partial charge in [-0.3, -0.25) is 4.79 Å². The highest BCUT2D eigenvalue weighted by molar-refractivity contribution is 7.10. The molecule has 116 valence electrons. The monoisotopic (exact) mass is 315 g/mol. The van der Waals surface area contributed by atoms with Gasteiger partial charge >= 0.3 is 0 Å². The first-order valence-electron chi connectivity index (χ1n) is 7.35. The maximum Gasteiger partial charge on any atom is 0.244 e. The van der Waals surface area contributed by atoms with E-state index in [4.69, 9.17) is 4.74 Å². The second-order valence-corrected chi connectivity index (χ2v) is 6.03. The highest BCUT2D eigenvalue weighted by Crippen LogP contribution is 2.26. The quantitative estimate of drug-likeness (QED) is 0.805. The number of ether oxygens (including phenoxy) is 1. The maximum absolute atomic E-state index is 12.0. The summed E-state index contributed by atoms with van der Waals surface area (Å²) in [5, 5.41) is 4.97. The van der Waals surface area contributed by atoms with Gasteiger partial charge in [0.05, 0.1) is 12.6 Å². The van der Waals surface area contributed by atoms with Crippen LogP contribution in [-0.4, -0.2) is 12.5 Å². The van der Waals surface area contributed by atoms with E-state index >= 15 is 0 Å². The molecule has 1 amide bonds. The fraction of sp³-hybridized carbons (Fsp3) is 0.278. The van der Waals surface area contributed by atoms with Crippen LogP contribution in [0.2, 0.25) is 0 Å². The third-order valence-corrected chi connectivity index (χ3v) is 4.07. The van der Waals surface area contributed by atoms with Crippen LogP contribution in [0.15, 0.2) is 41.8 Å². The first-order valence-corrected chi connectivity index (χ1v) is 8.23. The lowest BCUT2D eigenvalue weighted by molar-refractivity contribution is -0.117. The lowest BCUT2D eigenvalue weighted by Crippen LogP contribution is -2.25. The van der Waals surface area contributed by atoms with E-state index in [0.717, 1.165) is 21.8 Å². The Morgan fingerprint density at radius 1 is 1.41 bits per heavy atom. The molecule has 1 N–H and O–H groups in total. The summed E-state index contributed by atoms with van der Waals surface area (Å²) < 4.78 is 5.65. The maximum atomic E-state index is 12.0. The Morgan fingerprint density at radius 3 is 2.91 bits per heavy atom. The Hall–Kier alpha value is -2.07. The molecule has 0 aliphatic rings. The summed E-state index contributed by atoms with van der Waals surface area (Å²) in [6.07, 6.45) is 3.39. The minimum absolute atomic E-state index is 0.107. The molecule has 1 unspecified atom stereocenters. The summed E-state index contributed by atoms with van der Waals surface area (Å²) in [5.41, 5.74) is 2.15. The second kappa shape index (κ2) is 7.80. The van der Waals surface area contributed by atoms with E-state index in [0.29, 0.717) is 6.61 Å². The normalized spacial score (nSPS) is 12.3. The molecule has 0 fully saturated rings. The number of thiophene rings is 1. The third-order valence-electron chi connectivity index (χ3n) is 3.23. The van der Waals surface area contributed by atoms with E-state index in [-0.39, 0.29) is 11.9 Å². The number of rotatable bonds is 6. The lowest BCUT2D eigenvalue weighted by atomic mass is 10.0. The molecule has 0 aliphatic heterocycles. The van der Waals surface area contributed by atoms with Gasteiger partial charge in [0.15, 0.2) is 0 Å². The molecule has 1 aromatic heterocycles. The summed E-state index contributed by atoms with van der Waals surface area (Å²) in [7, 11) is 0. The van der Waals surface area contributed by atoms with Gasteiger partial charge in [-0.2, -0.15) is 0 Å². The van der Waals surface area contributed by atoms with Crippen LogP contribution in [-0.2, 0) is 4.79 Å². The molecule has 4 heteroatoms. The Labute approximate surface area is 135 Å². The Balaban J connectivity index is 2.06. The van der Waals surface area contributed by atoms with Crippen molar-refractivity contribution in [2.45, 2.75) is 26.8 Å². The first kappa shape index (κ1) is 16.3. The Morgan fingerprint density at radius 2 is 2.23 bits per heavy atom. The van der Waals surface area contributed by atoms with Crippen molar-refractivity contribution >= 4 is 23.3 Å². The molecule has 0 spiro atoms. The van der Waals surface area contributed by atoms with E-state index < -0.39 is 0 Å². The fourth-order valence-electron chi connectivity index (χ4n) is 2.18. The first-order chi connectivity index (χ1) is 10.6. The topological polar surface area (TPSA) is 38.3 Å². The number of hydrogen-bond donors (Lipinski definition) is 1. The summed E-state index contributed by atoms with van der Waals surface area (Å²) in [5.74, 6) is 0.716. The van der Waals surface area contributed by atoms with Crippen molar-refractivity contribution in [3.8, 4) is 5.75 Å². The number of hydrogen-bond acceptors (Lipinski definition) is 3. The molecule has 0 saturated carbocycles. The molecule has 0 saturated heterocycles. The molecular weight excluding hydrogens is 294 g/mol. The summed E-state index contributed by atoms with van der Waals surface area (Å²) >= 11 is 1.60. The smallest absolute Gasteiger partial charge is 0.244 e. The van der Waals surface area contributed by atoms with E-state index in [2.05, 4.69) is 11.4 Å². The minimum Gasteiger partial charge on any atom is -0.494 e. The molecule has 0 radical (unpaired) electrons. The number of aryl methyl sites for hydroxylation is 1. The van der Waals surface area contributed by atoms with Gasteiger partial charge in [-0.25, -0.2) is 0 Å². The van der Waals surface area contributed by atoms with Crippen molar-refractivity contribution < 1.29 is 9.53 Å². The highest BCUT2D eigenvalue weighted by atomic mass is 32.1. The summed E-state index contributed by atoms with van der Waals surface area (Å²) in [6, 6.07) is 9.86. The van der Waals surface area contributed by atoms with Crippen molar-refractivity contribution in [1.29, 1.82) is 0 Å². The standard InChI is InChI=1S/C18H21NO2S/c1-4-21-17-9-7-13(2)12-16(17)14(3)19-18(20)10-8-15-6-5-11-22-15/h5-12,14H,4H2,1-3H3,(H,19,20)/b10-8+. The molecular formula is C18H21NO2S. The molecule has 3 nitrogen and oxygen atoms in total. The molecule has 0 bridgehead atoms. The van der Waals surface area contributed by atoms with Crippen LogP contribution >= 0.6 is 11.3 Å². The Bertz CT molecular complexity index is 647. The van der Waals surface area contributed by atoms with Crippen LogP contribution in [0, 0.1) is 6.92 Å². The fourth-order valence-corrected chi connectivity index (χ4v) is 2.79. The predicted octanol–water partition coefficient (Wildman–Crippen LogP) is 4.35. The van der Waals surface area contributed by atoms with E-state index in [9.17, 15) is 4.79 Å². The van der Waals surface area contributed by atoms with Crippen molar-refractivity contribution in [2.24, 2.45) is 0 Å². The van der Waals surface area contributed by atoms with Gasteiger partial charge in [0.1, 0.15) is 5.75 Å². The van der Waals surface area contributed by atoms with Crippen LogP contribution in [0.4, 0.5) is 0 Å². The summed E-state index contributed by atoms with van der Waals surface area (Å²) in [6.45, 7) is 6.56. The molecule has 1 heterocycles. The van der Waals surface area contributed by atoms with Gasteiger partial charge in [0, 0.05) is 16.5 Å². The largest absolute Gasteiger partial charge is 0.494 e. The zero-order chi connectivity index (χ0) is 15.9. The van der Waals surface area contributed by atoms with Crippen LogP contribution < -0.4 is 10.1 Å². The second-order valence-electron chi connectivity index (χ2n) is 5.05. The molecule has 1 atom stereocenters. The van der Waals surface area contributed by atoms with Crippen LogP contribution in [0.5, 0.6) is 5.75 Å². The van der Waals surface area contributed by atoms with Crippen molar-refractivity contribution in [2.75, 3.05) is 6.61 Å². The van der Waals surface area contributed by atoms with E-state index in [1.54, 1.807) is 17.4 Å². The van der Waals surface area contributed by atoms with Crippen molar-refractivity contribution in [3.63, 3.8) is 0 Å². The average Bonchev–Trinajstić information content (AvgIpc) is 3.00.